The normalized spacial score (nSPS) is 14.6. The van der Waals surface area contributed by atoms with Crippen LogP contribution < -0.4 is 24.5 Å². The number of pyridine rings is 5. The molecule has 0 saturated carbocycles. The van der Waals surface area contributed by atoms with Gasteiger partial charge in [-0.05, 0) is 317 Å². The van der Waals surface area contributed by atoms with Gasteiger partial charge in [-0.1, -0.05) is 243 Å². The third kappa shape index (κ3) is 11.6. The first kappa shape index (κ1) is 78.3. The zero-order chi connectivity index (χ0) is 91.2. The van der Waals surface area contributed by atoms with Gasteiger partial charge in [-0.2, -0.15) is 0 Å². The van der Waals surface area contributed by atoms with Crippen LogP contribution in [0.2, 0.25) is 0 Å². The van der Waals surface area contributed by atoms with Crippen LogP contribution in [0.1, 0.15) is 167 Å². The van der Waals surface area contributed by atoms with Gasteiger partial charge in [0.1, 0.15) is 0 Å². The highest BCUT2D eigenvalue weighted by atomic mass is 15.2. The summed E-state index contributed by atoms with van der Waals surface area (Å²) in [6, 6.07) is 118. The monoisotopic (exact) mass is 1790 g/mol. The van der Waals surface area contributed by atoms with E-state index in [1.54, 1.807) is 0 Å². The minimum atomic E-state index is 0.918. The van der Waals surface area contributed by atoms with Crippen LogP contribution in [-0.4, -0.2) is 24.9 Å². The third-order valence-electron chi connectivity index (χ3n) is 33.0. The van der Waals surface area contributed by atoms with Gasteiger partial charge in [0, 0.05) is 125 Å². The highest BCUT2D eigenvalue weighted by molar-refractivity contribution is 6.00. The van der Waals surface area contributed by atoms with Gasteiger partial charge < -0.3 is 24.5 Å². The fraction of sp³-hybridized carbons (Fsp3) is 0.115. The molecule has 0 unspecified atom stereocenters. The Morgan fingerprint density at radius 2 is 0.407 bits per heavy atom. The molecule has 0 bridgehead atoms. The lowest BCUT2D eigenvalue weighted by Gasteiger charge is -2.39. The van der Waals surface area contributed by atoms with Crippen LogP contribution in [0.4, 0.5) is 85.3 Å². The Labute approximate surface area is 813 Å². The molecule has 10 heteroatoms. The average molecular weight is 1790 g/mol. The highest BCUT2D eigenvalue weighted by Crippen LogP contribution is 2.61. The van der Waals surface area contributed by atoms with Crippen LogP contribution in [0.5, 0.6) is 0 Å². The average Bonchev–Trinajstić information content (AvgIpc) is 1.03. The second-order valence-electron chi connectivity index (χ2n) is 40.1. The van der Waals surface area contributed by atoms with Crippen LogP contribution in [0.25, 0.3) is 55.6 Å². The van der Waals surface area contributed by atoms with Crippen molar-refractivity contribution in [3.05, 3.63) is 532 Å². The molecule has 0 amide bonds. The van der Waals surface area contributed by atoms with Crippen molar-refractivity contribution in [3.8, 4) is 55.6 Å². The Morgan fingerprint density at radius 3 is 0.850 bits per heavy atom. The number of benzene rings is 15. The molecule has 0 atom stereocenters. The van der Waals surface area contributed by atoms with Crippen molar-refractivity contribution in [2.24, 2.45) is 0 Å². The van der Waals surface area contributed by atoms with Crippen molar-refractivity contribution in [1.29, 1.82) is 0 Å². The van der Waals surface area contributed by atoms with E-state index in [-0.39, 0.29) is 0 Å². The van der Waals surface area contributed by atoms with E-state index in [9.17, 15) is 0 Å². The number of rotatable bonds is 0. The first-order chi connectivity index (χ1) is 69.4. The number of para-hydroxylation sites is 5. The van der Waals surface area contributed by atoms with E-state index < -0.39 is 0 Å². The van der Waals surface area contributed by atoms with Gasteiger partial charge in [-0.25, -0.2) is 0 Å². The zero-order valence-corrected chi connectivity index (χ0v) is 77.2. The van der Waals surface area contributed by atoms with Crippen LogP contribution in [0.15, 0.2) is 365 Å². The smallest absolute Gasteiger partial charge is 0.0716 e. The van der Waals surface area contributed by atoms with Crippen molar-refractivity contribution in [2.45, 2.75) is 96.3 Å². The first-order valence-electron chi connectivity index (χ1n) is 49.8. The SMILES string of the molecule is c1ccc2c(c1)Cc1c-2ccc2c1Cc1cccc3c1N2c1cccnc1C3.c1ccc2c(c1)Cc1c-2ccc2c1Cc1cccc3c1N2c1ccncc1C3.c1ccc2c(c1)Cc1c-2ccc2c1Cc1ccnc3c1N2c1ccccc1C3.c1ccc2c(c1)Cc1c-2ccc2c1Cc1cncc3c1N2c1ccccc1C3.c1ccc2c(c1)Cc1c-2ccc2c1Cc1nccc3c1N2c1ccccc1C3. The molecule has 140 heavy (non-hydrogen) atoms. The lowest BCUT2D eigenvalue weighted by atomic mass is 9.84. The minimum Gasteiger partial charge on any atom is -0.309 e. The topological polar surface area (TPSA) is 80.7 Å². The number of hydrogen-bond donors (Lipinski definition) is 0. The minimum absolute atomic E-state index is 0.918. The number of nitrogens with zero attached hydrogens (tertiary/aromatic N) is 10. The van der Waals surface area contributed by atoms with Gasteiger partial charge in [0.05, 0.1) is 85.3 Å². The Balaban J connectivity index is 0.0000000806. The van der Waals surface area contributed by atoms with Gasteiger partial charge >= 0.3 is 0 Å². The summed E-state index contributed by atoms with van der Waals surface area (Å²) in [6.07, 6.45) is 28.8. The molecule has 15 heterocycles. The standard InChI is InChI=1S/5C26H18N2/c1-3-7-20-16(5-1)12-22-21(20)9-10-25-23(22)13-19-15-27-14-18-11-17-6-2-4-8-24(17)28(25)26(18)19;1-3-7-19-16(5-1)14-21-20(19)9-10-25-22(21)15-23-26-18(11-12-27-23)13-17-6-2-4-8-24(17)28(25)26;1-3-7-19-16(5-1)13-21-20(19)9-10-25-22(21)14-18-11-12-27-23-15-17-6-2-4-8-24(17)28(25)26(18)23;1-2-8-19-16(5-1)13-21-20(19)10-11-24-22(21)14-17-6-3-7-18-15-23-25(9-4-12-27-23)28(24)26(17)18;1-2-7-20-16(4-1)13-22-21(20)8-9-25-23(22)14-18-6-3-5-17-12-19-15-27-11-10-24(19)28(25)26(17)18/h1-10,14-15H,11-13H2;3*1-12H,13-15H2;1-11,15H,12-14H2. The molecule has 15 aliphatic rings. The summed E-state index contributed by atoms with van der Waals surface area (Å²) in [4.78, 5) is 35.7. The lowest BCUT2D eigenvalue weighted by molar-refractivity contribution is 0.949. The van der Waals surface area contributed by atoms with Gasteiger partial charge in [0.25, 0.3) is 0 Å². The van der Waals surface area contributed by atoms with E-state index in [1.807, 2.05) is 31.0 Å². The summed E-state index contributed by atoms with van der Waals surface area (Å²) in [5, 5.41) is 0. The molecule has 20 aromatic rings. The number of anilines is 15. The molecule has 5 aromatic heterocycles. The molecule has 35 rings (SSSR count). The summed E-state index contributed by atoms with van der Waals surface area (Å²) < 4.78 is 0. The van der Waals surface area contributed by atoms with Gasteiger partial charge in [-0.15, -0.1) is 0 Å². The summed E-state index contributed by atoms with van der Waals surface area (Å²) >= 11 is 0. The predicted molar refractivity (Wildman–Crippen MR) is 564 cm³/mol. The van der Waals surface area contributed by atoms with E-state index in [1.165, 1.54) is 308 Å². The molecule has 0 radical (unpaired) electrons. The predicted octanol–water partition coefficient (Wildman–Crippen LogP) is 29.7. The van der Waals surface area contributed by atoms with Gasteiger partial charge in [-0.3, -0.25) is 24.9 Å². The summed E-state index contributed by atoms with van der Waals surface area (Å²) in [6.45, 7) is 0. The number of fused-ring (bicyclic) bond motifs is 40. The van der Waals surface area contributed by atoms with Crippen LogP contribution >= 0.6 is 0 Å². The lowest BCUT2D eigenvalue weighted by Crippen LogP contribution is -2.26. The van der Waals surface area contributed by atoms with Crippen molar-refractivity contribution >= 4 is 85.3 Å². The van der Waals surface area contributed by atoms with E-state index >= 15 is 0 Å². The Morgan fingerprint density at radius 1 is 0.136 bits per heavy atom. The maximum absolute atomic E-state index is 4.82. The van der Waals surface area contributed by atoms with Crippen molar-refractivity contribution in [2.75, 3.05) is 24.5 Å². The maximum Gasteiger partial charge on any atom is 0.0716 e. The molecule has 0 N–H and O–H groups in total. The third-order valence-corrected chi connectivity index (χ3v) is 33.0. The largest absolute Gasteiger partial charge is 0.309 e. The van der Waals surface area contributed by atoms with Crippen LogP contribution in [0, 0.1) is 0 Å². The van der Waals surface area contributed by atoms with Gasteiger partial charge in [0.15, 0.2) is 0 Å². The second-order valence-corrected chi connectivity index (χ2v) is 40.1. The summed E-state index contributed by atoms with van der Waals surface area (Å²) in [5.74, 6) is 0. The fourth-order valence-corrected chi connectivity index (χ4v) is 27.0. The molecule has 0 spiro atoms. The summed E-state index contributed by atoms with van der Waals surface area (Å²) in [7, 11) is 0. The second kappa shape index (κ2) is 30.3. The molecular formula is C130H90N10. The van der Waals surface area contributed by atoms with Crippen molar-refractivity contribution in [3.63, 3.8) is 0 Å². The molecule has 0 fully saturated rings. The molecular weight excluding hydrogens is 1700 g/mol. The maximum atomic E-state index is 4.82. The fourth-order valence-electron chi connectivity index (χ4n) is 27.0. The molecule has 10 nitrogen and oxygen atoms in total. The van der Waals surface area contributed by atoms with Gasteiger partial charge in [0.2, 0.25) is 0 Å². The molecule has 660 valence electrons. The Bertz CT molecular complexity index is 7690. The summed E-state index contributed by atoms with van der Waals surface area (Å²) in [5.41, 5.74) is 76.2. The Hall–Kier alpha value is -17.0. The molecule has 0 saturated heterocycles. The molecule has 10 aliphatic heterocycles. The van der Waals surface area contributed by atoms with Crippen molar-refractivity contribution in [1.82, 2.24) is 24.9 Å². The number of aromatic nitrogens is 5. The molecule has 15 aromatic carbocycles. The van der Waals surface area contributed by atoms with E-state index in [4.69, 9.17) is 15.0 Å². The molecule has 5 aliphatic carbocycles. The van der Waals surface area contributed by atoms with E-state index in [0.29, 0.717) is 0 Å². The van der Waals surface area contributed by atoms with Crippen LogP contribution in [0.3, 0.4) is 0 Å². The first-order valence-corrected chi connectivity index (χ1v) is 49.8. The van der Waals surface area contributed by atoms with Crippen molar-refractivity contribution < 1.29 is 0 Å². The quantitative estimate of drug-likeness (QED) is 0.146. The van der Waals surface area contributed by atoms with E-state index in [2.05, 4.69) is 368 Å². The number of hydrogen-bond acceptors (Lipinski definition) is 10. The Kier molecular flexibility index (Phi) is 16.9. The zero-order valence-electron chi connectivity index (χ0n) is 77.2. The highest BCUT2D eigenvalue weighted by Gasteiger charge is 2.43. The van der Waals surface area contributed by atoms with E-state index in [0.717, 1.165) is 96.3 Å². The van der Waals surface area contributed by atoms with Crippen LogP contribution in [-0.2, 0) is 96.3 Å².